The summed E-state index contributed by atoms with van der Waals surface area (Å²) in [7, 11) is 0. The number of carbonyl (C=O) groups excluding carboxylic acids is 5. The van der Waals surface area contributed by atoms with E-state index in [1.54, 1.807) is 28.9 Å². The fourth-order valence-corrected chi connectivity index (χ4v) is 6.73. The average Bonchev–Trinajstić information content (AvgIpc) is 3.69. The van der Waals surface area contributed by atoms with Crippen molar-refractivity contribution >= 4 is 35.1 Å². The van der Waals surface area contributed by atoms with Crippen LogP contribution >= 0.6 is 0 Å². The van der Waals surface area contributed by atoms with Crippen LogP contribution in [0.3, 0.4) is 0 Å². The first-order chi connectivity index (χ1) is 19.9. The molecule has 3 saturated heterocycles. The summed E-state index contributed by atoms with van der Waals surface area (Å²) in [5.74, 6) is -1.27. The molecule has 1 aromatic carbocycles. The van der Waals surface area contributed by atoms with Gasteiger partial charge in [0, 0.05) is 37.8 Å². The van der Waals surface area contributed by atoms with E-state index in [9.17, 15) is 24.0 Å². The van der Waals surface area contributed by atoms with Crippen molar-refractivity contribution in [1.29, 1.82) is 0 Å². The second-order valence-corrected chi connectivity index (χ2v) is 12.7. The van der Waals surface area contributed by atoms with Crippen LogP contribution in [0.1, 0.15) is 89.9 Å². The molecule has 0 bridgehead atoms. The molecule has 0 aliphatic carbocycles. The summed E-state index contributed by atoms with van der Waals surface area (Å²) >= 11 is 0. The minimum Gasteiger partial charge on any atom is -0.372 e. The largest absolute Gasteiger partial charge is 0.372 e. The molecule has 1 aromatic rings. The summed E-state index contributed by atoms with van der Waals surface area (Å²) < 4.78 is 0. The van der Waals surface area contributed by atoms with Crippen molar-refractivity contribution in [2.45, 2.75) is 103 Å². The molecule has 4 amide bonds. The first-order valence-electron chi connectivity index (χ1n) is 15.5. The predicted octanol–water partition coefficient (Wildman–Crippen LogP) is 2.90. The van der Waals surface area contributed by atoms with Crippen molar-refractivity contribution in [2.75, 3.05) is 31.1 Å². The summed E-state index contributed by atoms with van der Waals surface area (Å²) in [5.41, 5.74) is 0.453. The summed E-state index contributed by atoms with van der Waals surface area (Å²) in [6.07, 6.45) is 5.32. The van der Waals surface area contributed by atoms with Gasteiger partial charge in [0.1, 0.15) is 17.6 Å². The number of unbranched alkanes of at least 4 members (excludes halogenated alkanes) is 1. The Morgan fingerprint density at radius 2 is 1.69 bits per heavy atom. The van der Waals surface area contributed by atoms with Crippen molar-refractivity contribution < 1.29 is 24.0 Å². The molecule has 4 rings (SSSR count). The van der Waals surface area contributed by atoms with Crippen LogP contribution in [0.25, 0.3) is 0 Å². The van der Waals surface area contributed by atoms with Crippen LogP contribution in [0.15, 0.2) is 24.3 Å². The molecular formula is C32H47N5O5. The second-order valence-electron chi connectivity index (χ2n) is 12.7. The van der Waals surface area contributed by atoms with E-state index in [-0.39, 0.29) is 41.9 Å². The number of hydrogen-bond acceptors (Lipinski definition) is 6. The maximum Gasteiger partial charge on any atom is 0.251 e. The monoisotopic (exact) mass is 581 g/mol. The fraction of sp³-hybridized carbons (Fsp3) is 0.656. The third-order valence-electron chi connectivity index (χ3n) is 8.83. The molecule has 0 saturated carbocycles. The maximum absolute atomic E-state index is 13.9. The topological polar surface area (TPSA) is 119 Å². The third-order valence-corrected chi connectivity index (χ3v) is 8.83. The molecule has 3 heterocycles. The Kier molecular flexibility index (Phi) is 9.94. The Balaban J connectivity index is 1.48. The van der Waals surface area contributed by atoms with Gasteiger partial charge in [-0.05, 0) is 69.2 Å². The molecule has 3 fully saturated rings. The van der Waals surface area contributed by atoms with Gasteiger partial charge in [-0.3, -0.25) is 24.0 Å². The highest BCUT2D eigenvalue weighted by Crippen LogP contribution is 2.33. The van der Waals surface area contributed by atoms with E-state index in [0.29, 0.717) is 31.4 Å². The zero-order chi connectivity index (χ0) is 30.6. The molecule has 42 heavy (non-hydrogen) atoms. The van der Waals surface area contributed by atoms with Crippen molar-refractivity contribution in [1.82, 2.24) is 20.4 Å². The molecule has 2 N–H and O–H groups in total. The zero-order valence-electron chi connectivity index (χ0n) is 25.8. The van der Waals surface area contributed by atoms with E-state index in [0.717, 1.165) is 31.6 Å². The van der Waals surface area contributed by atoms with Gasteiger partial charge in [0.15, 0.2) is 5.78 Å². The number of rotatable bonds is 11. The van der Waals surface area contributed by atoms with E-state index in [4.69, 9.17) is 0 Å². The Morgan fingerprint density at radius 1 is 1.02 bits per heavy atom. The fourth-order valence-electron chi connectivity index (χ4n) is 6.73. The average molecular weight is 582 g/mol. The predicted molar refractivity (Wildman–Crippen MR) is 161 cm³/mol. The first kappa shape index (κ1) is 31.5. The molecular weight excluding hydrogens is 534 g/mol. The molecule has 0 aromatic heterocycles. The van der Waals surface area contributed by atoms with Crippen molar-refractivity contribution in [3.63, 3.8) is 0 Å². The van der Waals surface area contributed by atoms with Gasteiger partial charge < -0.3 is 25.3 Å². The standard InChI is InChI=1S/C32H47N5O5/c1-6-7-15-32(5,34-22(4)38)31(42)37-20-27(39)28-26(37)14-18-36(28)30(41)25(19-21(2)3)33-29(40)23-10-12-24(13-11-23)35-16-8-9-17-35/h10-13,21,25-26,28H,6-9,14-20H2,1-5H3,(H,33,40)(H,34,38)/t25?,26?,28?,32-/m0/s1. The van der Waals surface area contributed by atoms with Gasteiger partial charge in [-0.15, -0.1) is 0 Å². The number of hydrogen-bond donors (Lipinski definition) is 2. The van der Waals surface area contributed by atoms with E-state index >= 15 is 0 Å². The molecule has 0 radical (unpaired) electrons. The Hall–Kier alpha value is -3.43. The van der Waals surface area contributed by atoms with Crippen LogP contribution in [0.5, 0.6) is 0 Å². The highest BCUT2D eigenvalue weighted by molar-refractivity contribution is 6.02. The summed E-state index contributed by atoms with van der Waals surface area (Å²) in [5, 5.41) is 5.77. The number of nitrogens with zero attached hydrogens (tertiary/aromatic N) is 3. The Bertz CT molecular complexity index is 1180. The minimum atomic E-state index is -1.12. The highest BCUT2D eigenvalue weighted by Gasteiger charge is 2.54. The molecule has 10 nitrogen and oxygen atoms in total. The third kappa shape index (κ3) is 6.79. The summed E-state index contributed by atoms with van der Waals surface area (Å²) in [6, 6.07) is 5.49. The second kappa shape index (κ2) is 13.3. The number of ketones is 1. The molecule has 0 spiro atoms. The number of nitrogens with one attached hydrogen (secondary N) is 2. The normalized spacial score (nSPS) is 22.2. The van der Waals surface area contributed by atoms with Crippen molar-refractivity contribution in [3.8, 4) is 0 Å². The lowest BCUT2D eigenvalue weighted by Crippen LogP contribution is -2.59. The number of Topliss-reactive ketones (excluding diaryl/α,β-unsaturated/α-hetero) is 1. The number of anilines is 1. The van der Waals surface area contributed by atoms with E-state index in [2.05, 4.69) is 15.5 Å². The lowest BCUT2D eigenvalue weighted by Gasteiger charge is -2.35. The first-order valence-corrected chi connectivity index (χ1v) is 15.5. The lowest BCUT2D eigenvalue weighted by atomic mass is 9.92. The Morgan fingerprint density at radius 3 is 2.29 bits per heavy atom. The van der Waals surface area contributed by atoms with Gasteiger partial charge in [0.05, 0.1) is 12.6 Å². The molecule has 4 atom stereocenters. The molecule has 3 aliphatic heterocycles. The summed E-state index contributed by atoms with van der Waals surface area (Å²) in [6.45, 7) is 11.4. The molecule has 10 heteroatoms. The van der Waals surface area contributed by atoms with Gasteiger partial charge in [0.25, 0.3) is 5.91 Å². The van der Waals surface area contributed by atoms with E-state index in [1.807, 2.05) is 32.9 Å². The smallest absolute Gasteiger partial charge is 0.251 e. The maximum atomic E-state index is 13.9. The van der Waals surface area contributed by atoms with Crippen LogP contribution < -0.4 is 15.5 Å². The van der Waals surface area contributed by atoms with Crippen LogP contribution in [0.4, 0.5) is 5.69 Å². The van der Waals surface area contributed by atoms with Gasteiger partial charge in [-0.2, -0.15) is 0 Å². The van der Waals surface area contributed by atoms with E-state index in [1.165, 1.54) is 19.8 Å². The van der Waals surface area contributed by atoms with Crippen LogP contribution in [-0.2, 0) is 19.2 Å². The van der Waals surface area contributed by atoms with Gasteiger partial charge >= 0.3 is 0 Å². The van der Waals surface area contributed by atoms with Gasteiger partial charge in [-0.25, -0.2) is 0 Å². The number of likely N-dealkylation sites (tertiary alicyclic amines) is 2. The molecule has 3 aliphatic rings. The highest BCUT2D eigenvalue weighted by atomic mass is 16.2. The molecule has 230 valence electrons. The van der Waals surface area contributed by atoms with Crippen LogP contribution in [0.2, 0.25) is 0 Å². The van der Waals surface area contributed by atoms with Crippen LogP contribution in [-0.4, -0.2) is 89.1 Å². The van der Waals surface area contributed by atoms with Crippen molar-refractivity contribution in [3.05, 3.63) is 29.8 Å². The van der Waals surface area contributed by atoms with Gasteiger partial charge in [-0.1, -0.05) is 33.6 Å². The number of carbonyl (C=O) groups is 5. The van der Waals surface area contributed by atoms with E-state index < -0.39 is 23.7 Å². The molecule has 3 unspecified atom stereocenters. The quantitative estimate of drug-likeness (QED) is 0.415. The van der Waals surface area contributed by atoms with Gasteiger partial charge in [0.2, 0.25) is 17.7 Å². The Labute approximate surface area is 249 Å². The summed E-state index contributed by atoms with van der Waals surface area (Å²) in [4.78, 5) is 71.6. The minimum absolute atomic E-state index is 0.0934. The zero-order valence-corrected chi connectivity index (χ0v) is 25.8. The number of fused-ring (bicyclic) bond motifs is 1. The number of amides is 4. The van der Waals surface area contributed by atoms with Crippen LogP contribution in [0, 0.1) is 5.92 Å². The number of benzene rings is 1. The SMILES string of the molecule is CCCC[C@](C)(NC(C)=O)C(=O)N1CC(=O)C2C1CCN2C(=O)C(CC(C)C)NC(=O)c1ccc(N2CCCC2)cc1. The van der Waals surface area contributed by atoms with Crippen molar-refractivity contribution in [2.24, 2.45) is 5.92 Å². The lowest BCUT2D eigenvalue weighted by molar-refractivity contribution is -0.142.